The van der Waals surface area contributed by atoms with Crippen LogP contribution in [0.2, 0.25) is 0 Å². The monoisotopic (exact) mass is 739 g/mol. The number of nitrogens with one attached hydrogen (secondary N) is 2. The van der Waals surface area contributed by atoms with Crippen molar-refractivity contribution in [3.63, 3.8) is 0 Å². The molecule has 3 fully saturated rings. The number of aliphatic hydroxyl groups is 1. The second-order valence-electron chi connectivity index (χ2n) is 16.5. The Balaban J connectivity index is 1.28. The molecule has 4 N–H and O–H groups in total. The second kappa shape index (κ2) is 17.6. The zero-order valence-electron chi connectivity index (χ0n) is 32.1. The molecule has 10 heteroatoms. The van der Waals surface area contributed by atoms with Gasteiger partial charge in [-0.2, -0.15) is 0 Å². The standard InChI is InChI=1S/C44H57N3O7/c1-28-38(26-47-36-14-6-5-10-31(36)19-20-37(47)42(52)46-44(2,3)4)53-43(54-41(28)32-17-15-29(27-48)16-18-32)35-13-8-12-34(24-35)33-11-7-9-30(23-33)25-45-39(49)21-22-40(50)51/h7-9,11-13,15-18,23-24,28,31,36-38,41,43,48H,5-6,10,14,19-22,25-27H2,1-4H3,(H,45,49)(H,46,52)(H,50,51)/t28-,31+,36+,37+,38+,41+,43+/m0/s1. The molecule has 54 heavy (non-hydrogen) atoms. The van der Waals surface area contributed by atoms with Crippen LogP contribution in [0, 0.1) is 11.8 Å². The number of piperidine rings is 1. The van der Waals surface area contributed by atoms with Gasteiger partial charge in [-0.25, -0.2) is 0 Å². The van der Waals surface area contributed by atoms with Crippen molar-refractivity contribution >= 4 is 17.8 Å². The van der Waals surface area contributed by atoms with E-state index in [9.17, 15) is 19.5 Å². The molecule has 0 unspecified atom stereocenters. The minimum Gasteiger partial charge on any atom is -0.481 e. The predicted molar refractivity (Wildman–Crippen MR) is 207 cm³/mol. The molecule has 10 nitrogen and oxygen atoms in total. The van der Waals surface area contributed by atoms with Gasteiger partial charge in [-0.05, 0) is 92.3 Å². The van der Waals surface area contributed by atoms with E-state index in [4.69, 9.17) is 14.6 Å². The Labute approximate surface area is 319 Å². The summed E-state index contributed by atoms with van der Waals surface area (Å²) in [6.07, 6.45) is 5.16. The Morgan fingerprint density at radius 1 is 0.833 bits per heavy atom. The lowest BCUT2D eigenvalue weighted by atomic mass is 9.75. The number of hydrogen-bond acceptors (Lipinski definition) is 7. The fraction of sp³-hybridized carbons (Fsp3) is 0.523. The van der Waals surface area contributed by atoms with Gasteiger partial charge < -0.3 is 30.3 Å². The average molecular weight is 740 g/mol. The predicted octanol–water partition coefficient (Wildman–Crippen LogP) is 7.06. The molecular formula is C44H57N3O7. The quantitative estimate of drug-likeness (QED) is 0.155. The highest BCUT2D eigenvalue weighted by Crippen LogP contribution is 2.45. The molecule has 0 aromatic heterocycles. The maximum Gasteiger partial charge on any atom is 0.303 e. The minimum absolute atomic E-state index is 0.0258. The van der Waals surface area contributed by atoms with E-state index in [1.54, 1.807) is 0 Å². The van der Waals surface area contributed by atoms with Crippen LogP contribution in [0.25, 0.3) is 11.1 Å². The van der Waals surface area contributed by atoms with Crippen molar-refractivity contribution in [3.8, 4) is 11.1 Å². The van der Waals surface area contributed by atoms with Crippen LogP contribution in [-0.4, -0.2) is 63.2 Å². The lowest BCUT2D eigenvalue weighted by Gasteiger charge is -2.51. The van der Waals surface area contributed by atoms with Gasteiger partial charge in [-0.15, -0.1) is 0 Å². The van der Waals surface area contributed by atoms with Crippen molar-refractivity contribution in [1.29, 1.82) is 0 Å². The summed E-state index contributed by atoms with van der Waals surface area (Å²) in [5.41, 5.74) is 5.25. The molecule has 2 aliphatic heterocycles. The fourth-order valence-corrected chi connectivity index (χ4v) is 8.50. The van der Waals surface area contributed by atoms with E-state index in [1.165, 1.54) is 19.3 Å². The first-order chi connectivity index (χ1) is 25.9. The highest BCUT2D eigenvalue weighted by Gasteiger charge is 2.46. The third kappa shape index (κ3) is 9.96. The molecule has 0 spiro atoms. The molecule has 2 amide bonds. The zero-order chi connectivity index (χ0) is 38.4. The summed E-state index contributed by atoms with van der Waals surface area (Å²) in [6, 6.07) is 24.1. The van der Waals surface area contributed by atoms with Gasteiger partial charge in [0.25, 0.3) is 0 Å². The summed E-state index contributed by atoms with van der Waals surface area (Å²) in [6.45, 7) is 9.18. The number of benzene rings is 3. The van der Waals surface area contributed by atoms with E-state index in [-0.39, 0.29) is 61.0 Å². The van der Waals surface area contributed by atoms with Gasteiger partial charge in [0, 0.05) is 42.6 Å². The van der Waals surface area contributed by atoms with E-state index in [0.717, 1.165) is 52.6 Å². The molecule has 3 aliphatic rings. The van der Waals surface area contributed by atoms with E-state index >= 15 is 0 Å². The lowest BCUT2D eigenvalue weighted by Crippen LogP contribution is -2.61. The molecule has 0 bridgehead atoms. The molecule has 1 aliphatic carbocycles. The van der Waals surface area contributed by atoms with Gasteiger partial charge in [-0.3, -0.25) is 19.3 Å². The normalized spacial score (nSPS) is 26.1. The number of rotatable bonds is 12. The van der Waals surface area contributed by atoms with Crippen LogP contribution in [0.1, 0.15) is 114 Å². The van der Waals surface area contributed by atoms with Gasteiger partial charge in [0.2, 0.25) is 11.8 Å². The molecule has 2 saturated heterocycles. The van der Waals surface area contributed by atoms with Gasteiger partial charge in [0.15, 0.2) is 6.29 Å². The highest BCUT2D eigenvalue weighted by atomic mass is 16.7. The van der Waals surface area contributed by atoms with Crippen LogP contribution in [0.4, 0.5) is 0 Å². The molecule has 0 radical (unpaired) electrons. The number of carbonyl (C=O) groups is 3. The fourth-order valence-electron chi connectivity index (χ4n) is 8.50. The number of ether oxygens (including phenoxy) is 2. The molecule has 290 valence electrons. The van der Waals surface area contributed by atoms with Crippen LogP contribution in [0.15, 0.2) is 72.8 Å². The van der Waals surface area contributed by atoms with E-state index in [2.05, 4.69) is 28.5 Å². The molecule has 3 aromatic rings. The van der Waals surface area contributed by atoms with Gasteiger partial charge >= 0.3 is 5.97 Å². The Morgan fingerprint density at radius 2 is 1.56 bits per heavy atom. The summed E-state index contributed by atoms with van der Waals surface area (Å²) in [5, 5.41) is 24.7. The van der Waals surface area contributed by atoms with E-state index in [1.807, 2.05) is 87.5 Å². The maximum atomic E-state index is 13.9. The minimum atomic E-state index is -0.998. The van der Waals surface area contributed by atoms with Crippen molar-refractivity contribution in [2.24, 2.45) is 11.8 Å². The first-order valence-corrected chi connectivity index (χ1v) is 19.6. The Bertz CT molecular complexity index is 1760. The number of aliphatic carboxylic acids is 1. The largest absolute Gasteiger partial charge is 0.481 e. The smallest absolute Gasteiger partial charge is 0.303 e. The first-order valence-electron chi connectivity index (χ1n) is 19.6. The van der Waals surface area contributed by atoms with Gasteiger partial charge in [0.05, 0.1) is 31.3 Å². The number of likely N-dealkylation sites (tertiary alicyclic amines) is 1. The van der Waals surface area contributed by atoms with Crippen LogP contribution < -0.4 is 10.6 Å². The van der Waals surface area contributed by atoms with E-state index in [0.29, 0.717) is 25.0 Å². The average Bonchev–Trinajstić information content (AvgIpc) is 3.16. The van der Waals surface area contributed by atoms with Crippen LogP contribution in [-0.2, 0) is 37.0 Å². The van der Waals surface area contributed by atoms with Crippen molar-refractivity contribution < 1.29 is 34.1 Å². The number of amides is 2. The topological polar surface area (TPSA) is 137 Å². The number of fused-ring (bicyclic) bond motifs is 1. The Kier molecular flexibility index (Phi) is 12.9. The third-order valence-corrected chi connectivity index (χ3v) is 11.3. The molecule has 6 rings (SSSR count). The molecule has 7 atom stereocenters. The number of carboxylic acids is 1. The summed E-state index contributed by atoms with van der Waals surface area (Å²) in [4.78, 5) is 39.4. The van der Waals surface area contributed by atoms with Crippen LogP contribution in [0.3, 0.4) is 0 Å². The van der Waals surface area contributed by atoms with Gasteiger partial charge in [0.1, 0.15) is 0 Å². The van der Waals surface area contributed by atoms with Crippen LogP contribution in [0.5, 0.6) is 0 Å². The highest BCUT2D eigenvalue weighted by molar-refractivity contribution is 5.82. The number of hydrogen-bond donors (Lipinski definition) is 4. The third-order valence-electron chi connectivity index (χ3n) is 11.3. The van der Waals surface area contributed by atoms with Crippen molar-refractivity contribution in [3.05, 3.63) is 95.1 Å². The molecule has 1 saturated carbocycles. The second-order valence-corrected chi connectivity index (χ2v) is 16.5. The summed E-state index contributed by atoms with van der Waals surface area (Å²) in [7, 11) is 0. The molecular weight excluding hydrogens is 682 g/mol. The van der Waals surface area contributed by atoms with E-state index < -0.39 is 12.3 Å². The van der Waals surface area contributed by atoms with Crippen molar-refractivity contribution in [2.75, 3.05) is 6.54 Å². The SMILES string of the molecule is C[C@H]1[C@@H](CN2[C@@H](C(=O)NC(C)(C)C)CC[C@H]3CCCC[C@H]32)O[C@@H](c2cccc(-c3cccc(CNC(=O)CCC(=O)O)c3)c2)O[C@H]1c1ccc(CO)cc1. The number of carboxylic acid groups (broad SMARTS) is 1. The lowest BCUT2D eigenvalue weighted by molar-refractivity contribution is -0.278. The zero-order valence-corrected chi connectivity index (χ0v) is 32.1. The molecule has 2 heterocycles. The summed E-state index contributed by atoms with van der Waals surface area (Å²) < 4.78 is 13.8. The summed E-state index contributed by atoms with van der Waals surface area (Å²) >= 11 is 0. The number of aliphatic hydroxyl groups excluding tert-OH is 1. The van der Waals surface area contributed by atoms with Crippen molar-refractivity contribution in [2.45, 2.75) is 128 Å². The Morgan fingerprint density at radius 3 is 2.28 bits per heavy atom. The summed E-state index contributed by atoms with van der Waals surface area (Å²) in [5.74, 6) is -0.654. The Hall–Kier alpha value is -4.09. The van der Waals surface area contributed by atoms with Crippen molar-refractivity contribution in [1.82, 2.24) is 15.5 Å². The van der Waals surface area contributed by atoms with Crippen LogP contribution >= 0.6 is 0 Å². The van der Waals surface area contributed by atoms with Gasteiger partial charge in [-0.1, -0.05) is 80.4 Å². The number of carbonyl (C=O) groups excluding carboxylic acids is 2. The molecule has 3 aromatic carbocycles. The number of nitrogens with zero attached hydrogens (tertiary/aromatic N) is 1. The first kappa shape index (κ1) is 39.6. The maximum absolute atomic E-state index is 13.9.